The van der Waals surface area contributed by atoms with Gasteiger partial charge in [-0.25, -0.2) is 0 Å². The van der Waals surface area contributed by atoms with Crippen LogP contribution in [0.25, 0.3) is 0 Å². The molecule has 0 aromatic carbocycles. The number of carbonyl (C=O) groups is 1. The van der Waals surface area contributed by atoms with Crippen LogP contribution in [0.5, 0.6) is 0 Å². The van der Waals surface area contributed by atoms with Crippen LogP contribution in [-0.4, -0.2) is 43.5 Å². The number of nitrogens with two attached hydrogens (primary N) is 1. The van der Waals surface area contributed by atoms with E-state index in [0.717, 1.165) is 12.8 Å². The summed E-state index contributed by atoms with van der Waals surface area (Å²) in [5.74, 6) is 0.0756. The Hall–Kier alpha value is -0.610. The van der Waals surface area contributed by atoms with Gasteiger partial charge in [0.15, 0.2) is 0 Å². The van der Waals surface area contributed by atoms with Crippen molar-refractivity contribution in [1.29, 1.82) is 0 Å². The molecule has 0 saturated heterocycles. The lowest BCUT2D eigenvalue weighted by atomic mass is 9.91. The number of nitrogens with one attached hydrogen (secondary N) is 1. The monoisotopic (exact) mass is 199 g/mol. The molecule has 1 saturated carbocycles. The first-order valence-electron chi connectivity index (χ1n) is 5.30. The van der Waals surface area contributed by atoms with Gasteiger partial charge in [0.1, 0.15) is 0 Å². The minimum absolute atomic E-state index is 0.0756. The van der Waals surface area contributed by atoms with Crippen molar-refractivity contribution in [1.82, 2.24) is 10.2 Å². The van der Waals surface area contributed by atoms with E-state index in [4.69, 9.17) is 5.73 Å². The Morgan fingerprint density at radius 2 is 2.29 bits per heavy atom. The predicted molar refractivity (Wildman–Crippen MR) is 56.9 cm³/mol. The van der Waals surface area contributed by atoms with Crippen molar-refractivity contribution in [2.45, 2.75) is 37.8 Å². The van der Waals surface area contributed by atoms with E-state index in [-0.39, 0.29) is 5.91 Å². The second-order valence-corrected chi connectivity index (χ2v) is 4.17. The maximum absolute atomic E-state index is 11.2. The molecule has 0 heterocycles. The van der Waals surface area contributed by atoms with Crippen molar-refractivity contribution < 1.29 is 4.79 Å². The van der Waals surface area contributed by atoms with Crippen LogP contribution in [0.15, 0.2) is 0 Å². The molecule has 82 valence electrons. The van der Waals surface area contributed by atoms with Gasteiger partial charge >= 0.3 is 0 Å². The van der Waals surface area contributed by atoms with Crippen LogP contribution in [-0.2, 0) is 4.79 Å². The summed E-state index contributed by atoms with van der Waals surface area (Å²) < 4.78 is 0. The highest BCUT2D eigenvalue weighted by Crippen LogP contribution is 2.20. The fourth-order valence-electron chi connectivity index (χ4n) is 2.04. The molecule has 0 radical (unpaired) electrons. The zero-order valence-corrected chi connectivity index (χ0v) is 9.12. The van der Waals surface area contributed by atoms with E-state index in [1.807, 2.05) is 7.05 Å². The highest BCUT2D eigenvalue weighted by Gasteiger charge is 2.23. The number of hydrogen-bond acceptors (Lipinski definition) is 3. The maximum atomic E-state index is 11.2. The average molecular weight is 199 g/mol. The topological polar surface area (TPSA) is 58.4 Å². The molecular formula is C10H21N3O. The molecule has 4 nitrogen and oxygen atoms in total. The van der Waals surface area contributed by atoms with Gasteiger partial charge in [-0.3, -0.25) is 9.69 Å². The van der Waals surface area contributed by atoms with E-state index >= 15 is 0 Å². The summed E-state index contributed by atoms with van der Waals surface area (Å²) in [5.41, 5.74) is 5.90. The van der Waals surface area contributed by atoms with E-state index in [1.54, 1.807) is 7.05 Å². The van der Waals surface area contributed by atoms with E-state index in [2.05, 4.69) is 10.2 Å². The number of nitrogens with zero attached hydrogens (tertiary/aromatic N) is 1. The average Bonchev–Trinajstić information content (AvgIpc) is 2.17. The fourth-order valence-corrected chi connectivity index (χ4v) is 2.04. The zero-order chi connectivity index (χ0) is 10.6. The Kier molecular flexibility index (Phi) is 4.35. The van der Waals surface area contributed by atoms with Gasteiger partial charge in [-0.1, -0.05) is 6.42 Å². The number of likely N-dealkylation sites (N-methyl/N-ethyl adjacent to an activating group) is 2. The molecule has 0 spiro atoms. The summed E-state index contributed by atoms with van der Waals surface area (Å²) in [6, 6.07) is 0.803. The molecule has 2 atom stereocenters. The van der Waals surface area contributed by atoms with Crippen molar-refractivity contribution in [3.63, 3.8) is 0 Å². The molecule has 1 aliphatic carbocycles. The molecule has 14 heavy (non-hydrogen) atoms. The minimum Gasteiger partial charge on any atom is -0.358 e. The first kappa shape index (κ1) is 11.5. The fraction of sp³-hybridized carbons (Fsp3) is 0.900. The van der Waals surface area contributed by atoms with Gasteiger partial charge in [0, 0.05) is 19.1 Å². The Morgan fingerprint density at radius 3 is 2.86 bits per heavy atom. The third-order valence-electron chi connectivity index (χ3n) is 2.98. The molecule has 1 aliphatic rings. The lowest BCUT2D eigenvalue weighted by Gasteiger charge is -2.33. The Balaban J connectivity index is 2.35. The molecule has 4 heteroatoms. The summed E-state index contributed by atoms with van der Waals surface area (Å²) >= 11 is 0. The summed E-state index contributed by atoms with van der Waals surface area (Å²) in [5, 5.41) is 2.63. The Bertz CT molecular complexity index is 196. The van der Waals surface area contributed by atoms with Gasteiger partial charge in [0.25, 0.3) is 0 Å². The third-order valence-corrected chi connectivity index (χ3v) is 2.98. The lowest BCUT2D eigenvalue weighted by Crippen LogP contribution is -2.44. The van der Waals surface area contributed by atoms with Gasteiger partial charge in [-0.2, -0.15) is 0 Å². The van der Waals surface area contributed by atoms with Gasteiger partial charge in [-0.05, 0) is 26.3 Å². The smallest absolute Gasteiger partial charge is 0.233 e. The highest BCUT2D eigenvalue weighted by atomic mass is 16.1. The van der Waals surface area contributed by atoms with Crippen LogP contribution in [0.4, 0.5) is 0 Å². The summed E-state index contributed by atoms with van der Waals surface area (Å²) in [7, 11) is 3.67. The minimum atomic E-state index is 0.0756. The third kappa shape index (κ3) is 3.27. The molecule has 3 N–H and O–H groups in total. The molecule has 0 aromatic heterocycles. The van der Waals surface area contributed by atoms with E-state index in [1.165, 1.54) is 12.8 Å². The van der Waals surface area contributed by atoms with Crippen molar-refractivity contribution in [3.8, 4) is 0 Å². The van der Waals surface area contributed by atoms with Crippen molar-refractivity contribution in [2.75, 3.05) is 20.6 Å². The van der Waals surface area contributed by atoms with Crippen LogP contribution in [0.2, 0.25) is 0 Å². The van der Waals surface area contributed by atoms with Crippen molar-refractivity contribution in [3.05, 3.63) is 0 Å². The summed E-state index contributed by atoms with van der Waals surface area (Å²) in [6.45, 7) is 0.480. The van der Waals surface area contributed by atoms with Crippen LogP contribution in [0.3, 0.4) is 0 Å². The molecule has 1 amide bonds. The van der Waals surface area contributed by atoms with E-state index < -0.39 is 0 Å². The second-order valence-electron chi connectivity index (χ2n) is 4.17. The van der Waals surface area contributed by atoms with Crippen LogP contribution in [0.1, 0.15) is 25.7 Å². The standard InChI is InChI=1S/C10H21N3O/c1-12-10(14)7-13(2)9-5-3-4-8(11)6-9/h8-9H,3-7,11H2,1-2H3,(H,12,14). The van der Waals surface area contributed by atoms with Crippen molar-refractivity contribution in [2.24, 2.45) is 5.73 Å². The molecule has 0 bridgehead atoms. The van der Waals surface area contributed by atoms with Gasteiger partial charge in [0.2, 0.25) is 5.91 Å². The first-order chi connectivity index (χ1) is 6.63. The number of hydrogen-bond donors (Lipinski definition) is 2. The second kappa shape index (κ2) is 5.32. The first-order valence-corrected chi connectivity index (χ1v) is 5.30. The quantitative estimate of drug-likeness (QED) is 0.669. The van der Waals surface area contributed by atoms with Gasteiger partial charge in [-0.15, -0.1) is 0 Å². The van der Waals surface area contributed by atoms with Crippen LogP contribution in [0, 0.1) is 0 Å². The Labute approximate surface area is 85.8 Å². The number of carbonyl (C=O) groups excluding carboxylic acids is 1. The van der Waals surface area contributed by atoms with Crippen LogP contribution >= 0.6 is 0 Å². The molecule has 0 aromatic rings. The Morgan fingerprint density at radius 1 is 1.57 bits per heavy atom. The van der Waals surface area contributed by atoms with E-state index in [9.17, 15) is 4.79 Å². The predicted octanol–water partition coefficient (Wildman–Crippen LogP) is -0.0659. The largest absolute Gasteiger partial charge is 0.358 e. The summed E-state index contributed by atoms with van der Waals surface area (Å²) in [4.78, 5) is 13.3. The molecular weight excluding hydrogens is 178 g/mol. The normalized spacial score (nSPS) is 27.7. The van der Waals surface area contributed by atoms with Gasteiger partial charge in [0.05, 0.1) is 6.54 Å². The van der Waals surface area contributed by atoms with Gasteiger partial charge < -0.3 is 11.1 Å². The molecule has 1 rings (SSSR count). The molecule has 0 aliphatic heterocycles. The zero-order valence-electron chi connectivity index (χ0n) is 9.12. The molecule has 1 fully saturated rings. The lowest BCUT2D eigenvalue weighted by molar-refractivity contribution is -0.122. The SMILES string of the molecule is CNC(=O)CN(C)C1CCCC(N)C1. The van der Waals surface area contributed by atoms with Crippen molar-refractivity contribution >= 4 is 5.91 Å². The number of amides is 1. The molecule has 2 unspecified atom stereocenters. The van der Waals surface area contributed by atoms with E-state index in [0.29, 0.717) is 18.6 Å². The summed E-state index contributed by atoms with van der Waals surface area (Å²) in [6.07, 6.45) is 4.50. The number of rotatable bonds is 3. The highest BCUT2D eigenvalue weighted by molar-refractivity contribution is 5.77. The van der Waals surface area contributed by atoms with Crippen LogP contribution < -0.4 is 11.1 Å². The maximum Gasteiger partial charge on any atom is 0.233 e.